The van der Waals surface area contributed by atoms with Gasteiger partial charge in [-0.2, -0.15) is 0 Å². The molecule has 1 unspecified atom stereocenters. The number of anilines is 1. The highest BCUT2D eigenvalue weighted by molar-refractivity contribution is 6.40. The van der Waals surface area contributed by atoms with Crippen LogP contribution in [0.3, 0.4) is 0 Å². The average molecular weight is 319 g/mol. The van der Waals surface area contributed by atoms with Crippen molar-refractivity contribution in [3.05, 3.63) is 27.7 Å². The van der Waals surface area contributed by atoms with Gasteiger partial charge in [0.15, 0.2) is 0 Å². The molecule has 7 heteroatoms. The zero-order valence-corrected chi connectivity index (χ0v) is 12.7. The molecule has 5 nitrogen and oxygen atoms in total. The number of hydrogen-bond donors (Lipinski definition) is 3. The van der Waals surface area contributed by atoms with Crippen molar-refractivity contribution < 1.29 is 14.7 Å². The van der Waals surface area contributed by atoms with Crippen LogP contribution in [0, 0.1) is 12.8 Å². The lowest BCUT2D eigenvalue weighted by molar-refractivity contribution is -0.141. The molecule has 0 aliphatic carbocycles. The second-order valence-electron chi connectivity index (χ2n) is 4.33. The fraction of sp³-hybridized carbons (Fsp3) is 0.385. The molecule has 0 fully saturated rings. The Labute approximate surface area is 127 Å². The van der Waals surface area contributed by atoms with Crippen LogP contribution in [-0.2, 0) is 4.79 Å². The van der Waals surface area contributed by atoms with Gasteiger partial charge in [0.05, 0.1) is 21.7 Å². The highest BCUT2D eigenvalue weighted by Crippen LogP contribution is 2.32. The van der Waals surface area contributed by atoms with Crippen molar-refractivity contribution in [3.63, 3.8) is 0 Å². The first-order chi connectivity index (χ1) is 9.36. The van der Waals surface area contributed by atoms with Crippen molar-refractivity contribution in [3.8, 4) is 0 Å². The third-order valence-corrected chi connectivity index (χ3v) is 3.68. The van der Waals surface area contributed by atoms with E-state index >= 15 is 0 Å². The van der Waals surface area contributed by atoms with Crippen molar-refractivity contribution >= 4 is 40.9 Å². The summed E-state index contributed by atoms with van der Waals surface area (Å²) >= 11 is 12.0. The molecule has 0 aliphatic rings. The SMILES string of the molecule is CCC(CNC(=O)Nc1c(Cl)ccc(C)c1Cl)C(=O)O. The molecule has 0 saturated heterocycles. The third kappa shape index (κ3) is 4.28. The Morgan fingerprint density at radius 1 is 1.35 bits per heavy atom. The van der Waals surface area contributed by atoms with Crippen LogP contribution >= 0.6 is 23.2 Å². The highest BCUT2D eigenvalue weighted by Gasteiger charge is 2.17. The summed E-state index contributed by atoms with van der Waals surface area (Å²) < 4.78 is 0. The van der Waals surface area contributed by atoms with Crippen LogP contribution in [0.4, 0.5) is 10.5 Å². The number of nitrogens with one attached hydrogen (secondary N) is 2. The molecule has 0 saturated carbocycles. The molecule has 2 amide bonds. The summed E-state index contributed by atoms with van der Waals surface area (Å²) in [7, 11) is 0. The number of aryl methyl sites for hydroxylation is 1. The summed E-state index contributed by atoms with van der Waals surface area (Å²) in [6.07, 6.45) is 0.432. The van der Waals surface area contributed by atoms with Gasteiger partial charge in [-0.05, 0) is 25.0 Å². The van der Waals surface area contributed by atoms with Crippen LogP contribution in [-0.4, -0.2) is 23.7 Å². The number of rotatable bonds is 5. The first-order valence-corrected chi connectivity index (χ1v) is 6.84. The molecule has 0 heterocycles. The lowest BCUT2D eigenvalue weighted by Gasteiger charge is -2.14. The van der Waals surface area contributed by atoms with Crippen LogP contribution in [0.5, 0.6) is 0 Å². The number of halogens is 2. The second-order valence-corrected chi connectivity index (χ2v) is 5.12. The molecule has 0 radical (unpaired) electrons. The maximum Gasteiger partial charge on any atom is 0.319 e. The number of carboxylic acids is 1. The summed E-state index contributed by atoms with van der Waals surface area (Å²) in [5.41, 5.74) is 1.09. The van der Waals surface area contributed by atoms with E-state index in [1.54, 1.807) is 26.0 Å². The standard InChI is InChI=1S/C13H16Cl2N2O3/c1-3-8(12(18)19)6-16-13(20)17-11-9(14)5-4-7(2)10(11)15/h4-5,8H,3,6H2,1-2H3,(H,18,19)(H2,16,17,20). The molecular formula is C13H16Cl2N2O3. The lowest BCUT2D eigenvalue weighted by Crippen LogP contribution is -2.35. The van der Waals surface area contributed by atoms with E-state index < -0.39 is 17.9 Å². The van der Waals surface area contributed by atoms with Gasteiger partial charge in [0.25, 0.3) is 0 Å². The van der Waals surface area contributed by atoms with Crippen LogP contribution < -0.4 is 10.6 Å². The molecule has 1 aromatic carbocycles. The number of benzene rings is 1. The second kappa shape index (κ2) is 7.36. The van der Waals surface area contributed by atoms with Crippen molar-refractivity contribution in [1.29, 1.82) is 0 Å². The van der Waals surface area contributed by atoms with E-state index in [0.29, 0.717) is 22.2 Å². The number of amides is 2. The number of carbonyl (C=O) groups excluding carboxylic acids is 1. The summed E-state index contributed by atoms with van der Waals surface area (Å²) in [6.45, 7) is 3.57. The Bertz CT molecular complexity index is 521. The van der Waals surface area contributed by atoms with Crippen LogP contribution in [0.1, 0.15) is 18.9 Å². The van der Waals surface area contributed by atoms with Crippen molar-refractivity contribution in [2.45, 2.75) is 20.3 Å². The summed E-state index contributed by atoms with van der Waals surface area (Å²) in [6, 6.07) is 2.83. The van der Waals surface area contributed by atoms with E-state index in [0.717, 1.165) is 5.56 Å². The maximum atomic E-state index is 11.7. The predicted molar refractivity (Wildman–Crippen MR) is 79.6 cm³/mol. The van der Waals surface area contributed by atoms with Gasteiger partial charge in [-0.1, -0.05) is 36.2 Å². The van der Waals surface area contributed by atoms with E-state index in [-0.39, 0.29) is 6.54 Å². The summed E-state index contributed by atoms with van der Waals surface area (Å²) in [5, 5.41) is 14.6. The van der Waals surface area contributed by atoms with E-state index in [1.807, 2.05) is 0 Å². The van der Waals surface area contributed by atoms with E-state index in [2.05, 4.69) is 10.6 Å². The Hall–Kier alpha value is -1.46. The van der Waals surface area contributed by atoms with Crippen LogP contribution in [0.25, 0.3) is 0 Å². The minimum atomic E-state index is -0.945. The van der Waals surface area contributed by atoms with E-state index in [1.165, 1.54) is 0 Å². The zero-order chi connectivity index (χ0) is 15.3. The van der Waals surface area contributed by atoms with Gasteiger partial charge in [0.1, 0.15) is 0 Å². The number of carboxylic acid groups (broad SMARTS) is 1. The molecular weight excluding hydrogens is 303 g/mol. The van der Waals surface area contributed by atoms with Gasteiger partial charge in [-0.25, -0.2) is 4.79 Å². The zero-order valence-electron chi connectivity index (χ0n) is 11.2. The molecule has 0 bridgehead atoms. The van der Waals surface area contributed by atoms with Gasteiger partial charge < -0.3 is 15.7 Å². The Balaban J connectivity index is 2.68. The number of carbonyl (C=O) groups is 2. The lowest BCUT2D eigenvalue weighted by atomic mass is 10.1. The molecule has 0 aromatic heterocycles. The normalized spacial score (nSPS) is 11.8. The summed E-state index contributed by atoms with van der Waals surface area (Å²) in [5.74, 6) is -1.57. The summed E-state index contributed by atoms with van der Waals surface area (Å²) in [4.78, 5) is 22.6. The number of urea groups is 1. The molecule has 110 valence electrons. The minimum Gasteiger partial charge on any atom is -0.481 e. The molecule has 20 heavy (non-hydrogen) atoms. The fourth-order valence-corrected chi connectivity index (χ4v) is 2.02. The average Bonchev–Trinajstić information content (AvgIpc) is 2.39. The van der Waals surface area contributed by atoms with Crippen molar-refractivity contribution in [2.24, 2.45) is 5.92 Å². The van der Waals surface area contributed by atoms with Crippen molar-refractivity contribution in [2.75, 3.05) is 11.9 Å². The molecule has 3 N–H and O–H groups in total. The smallest absolute Gasteiger partial charge is 0.319 e. The molecule has 0 aliphatic heterocycles. The first-order valence-electron chi connectivity index (χ1n) is 6.09. The monoisotopic (exact) mass is 318 g/mol. The Kier molecular flexibility index (Phi) is 6.10. The Morgan fingerprint density at radius 3 is 2.55 bits per heavy atom. The first kappa shape index (κ1) is 16.6. The molecule has 1 atom stereocenters. The van der Waals surface area contributed by atoms with Gasteiger partial charge >= 0.3 is 12.0 Å². The third-order valence-electron chi connectivity index (χ3n) is 2.87. The highest BCUT2D eigenvalue weighted by atomic mass is 35.5. The number of aliphatic carboxylic acids is 1. The molecule has 1 rings (SSSR count). The predicted octanol–water partition coefficient (Wildman–Crippen LogP) is 3.53. The molecule has 1 aromatic rings. The topological polar surface area (TPSA) is 78.4 Å². The fourth-order valence-electron chi connectivity index (χ4n) is 1.55. The molecule has 0 spiro atoms. The quantitative estimate of drug-likeness (QED) is 0.777. The van der Waals surface area contributed by atoms with Gasteiger partial charge in [-0.15, -0.1) is 0 Å². The van der Waals surface area contributed by atoms with E-state index in [9.17, 15) is 9.59 Å². The minimum absolute atomic E-state index is 0.0404. The maximum absolute atomic E-state index is 11.7. The van der Waals surface area contributed by atoms with Gasteiger partial charge in [-0.3, -0.25) is 4.79 Å². The van der Waals surface area contributed by atoms with Crippen LogP contribution in [0.15, 0.2) is 12.1 Å². The number of hydrogen-bond acceptors (Lipinski definition) is 2. The van der Waals surface area contributed by atoms with E-state index in [4.69, 9.17) is 28.3 Å². The Morgan fingerprint density at radius 2 is 2.00 bits per heavy atom. The van der Waals surface area contributed by atoms with Crippen molar-refractivity contribution in [1.82, 2.24) is 5.32 Å². The van der Waals surface area contributed by atoms with Gasteiger partial charge in [0, 0.05) is 6.54 Å². The van der Waals surface area contributed by atoms with Crippen LogP contribution in [0.2, 0.25) is 10.0 Å². The van der Waals surface area contributed by atoms with Gasteiger partial charge in [0.2, 0.25) is 0 Å². The largest absolute Gasteiger partial charge is 0.481 e.